The smallest absolute Gasteiger partial charge is 0.307 e. The first-order valence-electron chi connectivity index (χ1n) is 6.41. The number of nitrogens with two attached hydrogens (primary N) is 1. The normalized spacial score (nSPS) is 16.3. The Bertz CT molecular complexity index is 462. The van der Waals surface area contributed by atoms with Crippen molar-refractivity contribution in [1.29, 1.82) is 0 Å². The molecule has 1 aliphatic heterocycles. The molecule has 102 valence electrons. The van der Waals surface area contributed by atoms with E-state index in [0.717, 1.165) is 37.2 Å². The first-order valence-corrected chi connectivity index (χ1v) is 6.41. The second-order valence-corrected chi connectivity index (χ2v) is 4.90. The van der Waals surface area contributed by atoms with Gasteiger partial charge in [0.05, 0.1) is 6.42 Å². The van der Waals surface area contributed by atoms with Gasteiger partial charge in [0.1, 0.15) is 0 Å². The Morgan fingerprint density at radius 3 is 2.26 bits per heavy atom. The van der Waals surface area contributed by atoms with E-state index in [4.69, 9.17) is 10.8 Å². The fourth-order valence-corrected chi connectivity index (χ4v) is 2.42. The van der Waals surface area contributed by atoms with E-state index < -0.39 is 5.97 Å². The molecule has 1 saturated heterocycles. The molecule has 1 amide bonds. The third kappa shape index (κ3) is 3.47. The number of carbonyl (C=O) groups is 2. The van der Waals surface area contributed by atoms with Gasteiger partial charge in [-0.15, -0.1) is 0 Å². The van der Waals surface area contributed by atoms with Crippen molar-refractivity contribution in [3.8, 4) is 0 Å². The maximum absolute atomic E-state index is 11.1. The molecule has 1 aliphatic rings. The molecular formula is C14H18N2O3. The Labute approximate surface area is 112 Å². The second kappa shape index (κ2) is 5.73. The summed E-state index contributed by atoms with van der Waals surface area (Å²) in [6, 6.07) is 7.54. The molecule has 1 aromatic rings. The van der Waals surface area contributed by atoms with Gasteiger partial charge in [0.15, 0.2) is 0 Å². The van der Waals surface area contributed by atoms with Crippen LogP contribution in [-0.4, -0.2) is 30.1 Å². The number of primary amides is 1. The van der Waals surface area contributed by atoms with Crippen molar-refractivity contribution in [2.24, 2.45) is 11.7 Å². The summed E-state index contributed by atoms with van der Waals surface area (Å²) < 4.78 is 0. The largest absolute Gasteiger partial charge is 0.481 e. The van der Waals surface area contributed by atoms with E-state index in [1.54, 1.807) is 0 Å². The highest BCUT2D eigenvalue weighted by Gasteiger charge is 2.23. The fraction of sp³-hybridized carbons (Fsp3) is 0.429. The van der Waals surface area contributed by atoms with Crippen LogP contribution in [0.15, 0.2) is 24.3 Å². The van der Waals surface area contributed by atoms with Gasteiger partial charge >= 0.3 is 5.97 Å². The molecule has 1 fully saturated rings. The SMILES string of the molecule is NC(=O)C1CCN(c2ccc(CC(=O)O)cc2)CC1. The van der Waals surface area contributed by atoms with E-state index >= 15 is 0 Å². The number of rotatable bonds is 4. The average molecular weight is 262 g/mol. The summed E-state index contributed by atoms with van der Waals surface area (Å²) in [5, 5.41) is 8.71. The predicted molar refractivity (Wildman–Crippen MR) is 71.9 cm³/mol. The van der Waals surface area contributed by atoms with Gasteiger partial charge in [0.2, 0.25) is 5.91 Å². The summed E-state index contributed by atoms with van der Waals surface area (Å²) in [4.78, 5) is 23.9. The summed E-state index contributed by atoms with van der Waals surface area (Å²) in [6.45, 7) is 1.62. The summed E-state index contributed by atoms with van der Waals surface area (Å²) in [7, 11) is 0. The van der Waals surface area contributed by atoms with Crippen LogP contribution in [0.2, 0.25) is 0 Å². The number of nitrogens with zero attached hydrogens (tertiary/aromatic N) is 1. The number of benzene rings is 1. The van der Waals surface area contributed by atoms with Crippen molar-refractivity contribution in [2.75, 3.05) is 18.0 Å². The average Bonchev–Trinajstić information content (AvgIpc) is 2.39. The summed E-state index contributed by atoms with van der Waals surface area (Å²) >= 11 is 0. The van der Waals surface area contributed by atoms with E-state index in [9.17, 15) is 9.59 Å². The Hall–Kier alpha value is -2.04. The van der Waals surface area contributed by atoms with Crippen LogP contribution >= 0.6 is 0 Å². The summed E-state index contributed by atoms with van der Waals surface area (Å²) in [5.74, 6) is -1.05. The van der Waals surface area contributed by atoms with Crippen molar-refractivity contribution < 1.29 is 14.7 Å². The molecule has 3 N–H and O–H groups in total. The molecule has 19 heavy (non-hydrogen) atoms. The lowest BCUT2D eigenvalue weighted by Crippen LogP contribution is -2.38. The molecule has 2 rings (SSSR count). The quantitative estimate of drug-likeness (QED) is 0.848. The van der Waals surface area contributed by atoms with Gasteiger partial charge in [-0.3, -0.25) is 9.59 Å². The van der Waals surface area contributed by atoms with Crippen molar-refractivity contribution >= 4 is 17.6 Å². The third-order valence-electron chi connectivity index (χ3n) is 3.55. The molecule has 0 aromatic heterocycles. The van der Waals surface area contributed by atoms with Gasteiger partial charge in [-0.2, -0.15) is 0 Å². The van der Waals surface area contributed by atoms with Crippen LogP contribution in [0.25, 0.3) is 0 Å². The van der Waals surface area contributed by atoms with E-state index in [1.165, 1.54) is 0 Å². The van der Waals surface area contributed by atoms with Crippen LogP contribution in [0.3, 0.4) is 0 Å². The zero-order valence-electron chi connectivity index (χ0n) is 10.7. The van der Waals surface area contributed by atoms with Crippen LogP contribution in [0.5, 0.6) is 0 Å². The minimum Gasteiger partial charge on any atom is -0.481 e. The summed E-state index contributed by atoms with van der Waals surface area (Å²) in [5.41, 5.74) is 7.17. The van der Waals surface area contributed by atoms with Crippen molar-refractivity contribution in [3.63, 3.8) is 0 Å². The van der Waals surface area contributed by atoms with Crippen molar-refractivity contribution in [1.82, 2.24) is 0 Å². The lowest BCUT2D eigenvalue weighted by Gasteiger charge is -2.32. The first kappa shape index (κ1) is 13.4. The number of amides is 1. The van der Waals surface area contributed by atoms with Gasteiger partial charge < -0.3 is 15.7 Å². The van der Waals surface area contributed by atoms with Gasteiger partial charge in [0.25, 0.3) is 0 Å². The topological polar surface area (TPSA) is 83.6 Å². The van der Waals surface area contributed by atoms with E-state index in [-0.39, 0.29) is 18.2 Å². The Balaban J connectivity index is 1.96. The van der Waals surface area contributed by atoms with E-state index in [0.29, 0.717) is 0 Å². The number of carbonyl (C=O) groups excluding carboxylic acids is 1. The first-order chi connectivity index (χ1) is 9.06. The van der Waals surface area contributed by atoms with Gasteiger partial charge in [-0.1, -0.05) is 12.1 Å². The number of hydrogen-bond donors (Lipinski definition) is 2. The van der Waals surface area contributed by atoms with Crippen molar-refractivity contribution in [2.45, 2.75) is 19.3 Å². The Morgan fingerprint density at radius 1 is 1.21 bits per heavy atom. The minimum atomic E-state index is -0.824. The molecule has 0 aliphatic carbocycles. The zero-order chi connectivity index (χ0) is 13.8. The van der Waals surface area contributed by atoms with Crippen LogP contribution in [0.4, 0.5) is 5.69 Å². The summed E-state index contributed by atoms with van der Waals surface area (Å²) in [6.07, 6.45) is 1.61. The van der Waals surface area contributed by atoms with Gasteiger partial charge in [-0.25, -0.2) is 0 Å². The lowest BCUT2D eigenvalue weighted by molar-refractivity contribution is -0.136. The maximum Gasteiger partial charge on any atom is 0.307 e. The monoisotopic (exact) mass is 262 g/mol. The molecule has 0 atom stereocenters. The molecular weight excluding hydrogens is 244 g/mol. The maximum atomic E-state index is 11.1. The number of carboxylic acids is 1. The van der Waals surface area contributed by atoms with Crippen LogP contribution in [-0.2, 0) is 16.0 Å². The van der Waals surface area contributed by atoms with Crippen LogP contribution in [0.1, 0.15) is 18.4 Å². The molecule has 0 bridgehead atoms. The highest BCUT2D eigenvalue weighted by Crippen LogP contribution is 2.23. The number of anilines is 1. The van der Waals surface area contributed by atoms with Gasteiger partial charge in [-0.05, 0) is 30.5 Å². The van der Waals surface area contributed by atoms with Gasteiger partial charge in [0, 0.05) is 24.7 Å². The predicted octanol–water partition coefficient (Wildman–Crippen LogP) is 1.02. The van der Waals surface area contributed by atoms with E-state index in [2.05, 4.69) is 4.90 Å². The fourth-order valence-electron chi connectivity index (χ4n) is 2.42. The number of hydrogen-bond acceptors (Lipinski definition) is 3. The Morgan fingerprint density at radius 2 is 1.79 bits per heavy atom. The molecule has 5 heteroatoms. The minimum absolute atomic E-state index is 0.0115. The highest BCUT2D eigenvalue weighted by atomic mass is 16.4. The lowest BCUT2D eigenvalue weighted by atomic mass is 9.96. The standard InChI is InChI=1S/C14H18N2O3/c15-14(19)11-5-7-16(8-6-11)12-3-1-10(2-4-12)9-13(17)18/h1-4,11H,5-9H2,(H2,15,19)(H,17,18). The molecule has 1 aromatic carbocycles. The number of aliphatic carboxylic acids is 1. The van der Waals surface area contributed by atoms with E-state index in [1.807, 2.05) is 24.3 Å². The molecule has 0 spiro atoms. The number of piperidine rings is 1. The molecule has 0 unspecified atom stereocenters. The van der Waals surface area contributed by atoms with Crippen LogP contribution < -0.4 is 10.6 Å². The third-order valence-corrected chi connectivity index (χ3v) is 3.55. The molecule has 0 radical (unpaired) electrons. The van der Waals surface area contributed by atoms with Crippen molar-refractivity contribution in [3.05, 3.63) is 29.8 Å². The molecule has 1 heterocycles. The second-order valence-electron chi connectivity index (χ2n) is 4.90. The number of carboxylic acid groups (broad SMARTS) is 1. The Kier molecular flexibility index (Phi) is 4.04. The molecule has 5 nitrogen and oxygen atoms in total. The highest BCUT2D eigenvalue weighted by molar-refractivity contribution is 5.77. The molecule has 0 saturated carbocycles. The van der Waals surface area contributed by atoms with Crippen LogP contribution in [0, 0.1) is 5.92 Å². The zero-order valence-corrected chi connectivity index (χ0v) is 10.7.